The van der Waals surface area contributed by atoms with Gasteiger partial charge in [0.15, 0.2) is 0 Å². The van der Waals surface area contributed by atoms with Gasteiger partial charge in [0, 0.05) is 30.0 Å². The van der Waals surface area contributed by atoms with E-state index >= 15 is 0 Å². The summed E-state index contributed by atoms with van der Waals surface area (Å²) < 4.78 is 26.6. The van der Waals surface area contributed by atoms with E-state index in [0.29, 0.717) is 16.9 Å². The number of benzene rings is 2. The maximum absolute atomic E-state index is 12.6. The Hall–Kier alpha value is -2.38. The molecule has 0 aromatic heterocycles. The summed E-state index contributed by atoms with van der Waals surface area (Å²) in [6.07, 6.45) is 0. The first-order chi connectivity index (χ1) is 11.6. The van der Waals surface area contributed by atoms with Crippen LogP contribution in [0.5, 0.6) is 0 Å². The van der Waals surface area contributed by atoms with Gasteiger partial charge < -0.3 is 11.1 Å². The Bertz CT molecular complexity index is 875. The molecular formula is C18H23N3O3S. The summed E-state index contributed by atoms with van der Waals surface area (Å²) >= 11 is 0. The Labute approximate surface area is 148 Å². The quantitative estimate of drug-likeness (QED) is 0.801. The van der Waals surface area contributed by atoms with Crippen molar-refractivity contribution in [1.29, 1.82) is 0 Å². The number of hydrogen-bond donors (Lipinski definition) is 2. The smallest absolute Gasteiger partial charge is 0.255 e. The van der Waals surface area contributed by atoms with E-state index in [1.807, 2.05) is 0 Å². The van der Waals surface area contributed by atoms with Crippen molar-refractivity contribution in [3.05, 3.63) is 53.6 Å². The van der Waals surface area contributed by atoms with Gasteiger partial charge in [0.25, 0.3) is 5.91 Å². The van der Waals surface area contributed by atoms with Gasteiger partial charge in [0.1, 0.15) is 0 Å². The van der Waals surface area contributed by atoms with E-state index in [1.165, 1.54) is 17.4 Å². The molecule has 6 nitrogen and oxygen atoms in total. The fourth-order valence-electron chi connectivity index (χ4n) is 2.17. The van der Waals surface area contributed by atoms with Gasteiger partial charge >= 0.3 is 0 Å². The van der Waals surface area contributed by atoms with Gasteiger partial charge in [-0.1, -0.05) is 6.07 Å². The van der Waals surface area contributed by atoms with Crippen LogP contribution in [0.15, 0.2) is 47.4 Å². The molecule has 0 bridgehead atoms. The van der Waals surface area contributed by atoms with Crippen LogP contribution in [0.4, 0.5) is 11.4 Å². The maximum Gasteiger partial charge on any atom is 0.255 e. The first kappa shape index (κ1) is 19.0. The van der Waals surface area contributed by atoms with E-state index in [-0.39, 0.29) is 16.8 Å². The number of nitrogens with zero attached hydrogens (tertiary/aromatic N) is 1. The topological polar surface area (TPSA) is 92.5 Å². The molecule has 0 aliphatic carbocycles. The van der Waals surface area contributed by atoms with Crippen LogP contribution >= 0.6 is 0 Å². The zero-order valence-corrected chi connectivity index (χ0v) is 15.6. The van der Waals surface area contributed by atoms with Crippen LogP contribution in [0.2, 0.25) is 0 Å². The van der Waals surface area contributed by atoms with Crippen LogP contribution in [-0.4, -0.2) is 31.7 Å². The predicted octanol–water partition coefficient (Wildman–Crippen LogP) is 2.86. The highest BCUT2D eigenvalue weighted by atomic mass is 32.2. The minimum absolute atomic E-state index is 0.141. The minimum atomic E-state index is -3.62. The Morgan fingerprint density at radius 3 is 2.28 bits per heavy atom. The van der Waals surface area contributed by atoms with Gasteiger partial charge in [-0.15, -0.1) is 0 Å². The molecule has 0 spiro atoms. The van der Waals surface area contributed by atoms with E-state index in [4.69, 9.17) is 5.73 Å². The third kappa shape index (κ3) is 4.18. The number of nitrogens with one attached hydrogen (secondary N) is 1. The molecular weight excluding hydrogens is 338 g/mol. The fourth-order valence-corrected chi connectivity index (χ4v) is 3.56. The van der Waals surface area contributed by atoms with Crippen LogP contribution in [0.3, 0.4) is 0 Å². The standard InChI is InChI=1S/C18H23N3O3S/c1-12(2)21(4)25(23,24)16-10-5-13(3)17(11-16)20-18(22)14-6-8-15(19)9-7-14/h5-12H,19H2,1-4H3,(H,20,22). The highest BCUT2D eigenvalue weighted by molar-refractivity contribution is 7.89. The van der Waals surface area contributed by atoms with Crippen molar-refractivity contribution >= 4 is 27.3 Å². The van der Waals surface area contributed by atoms with Gasteiger partial charge in [-0.3, -0.25) is 4.79 Å². The molecule has 0 atom stereocenters. The third-order valence-electron chi connectivity index (χ3n) is 4.03. The number of carbonyl (C=O) groups is 1. The molecule has 25 heavy (non-hydrogen) atoms. The second kappa shape index (κ2) is 7.25. The summed E-state index contributed by atoms with van der Waals surface area (Å²) in [5.74, 6) is -0.324. The van der Waals surface area contributed by atoms with Gasteiger partial charge in [0.05, 0.1) is 4.90 Å². The van der Waals surface area contributed by atoms with Crippen LogP contribution in [0.25, 0.3) is 0 Å². The highest BCUT2D eigenvalue weighted by Gasteiger charge is 2.24. The first-order valence-electron chi connectivity index (χ1n) is 7.88. The molecule has 2 rings (SSSR count). The molecule has 0 heterocycles. The maximum atomic E-state index is 12.6. The van der Waals surface area contributed by atoms with Crippen molar-refractivity contribution in [3.8, 4) is 0 Å². The number of hydrogen-bond acceptors (Lipinski definition) is 4. The lowest BCUT2D eigenvalue weighted by Gasteiger charge is -2.21. The lowest BCUT2D eigenvalue weighted by atomic mass is 10.1. The van der Waals surface area contributed by atoms with E-state index in [1.54, 1.807) is 57.2 Å². The van der Waals surface area contributed by atoms with Crippen molar-refractivity contribution in [2.45, 2.75) is 31.7 Å². The molecule has 1 amide bonds. The van der Waals surface area contributed by atoms with Gasteiger partial charge in [0.2, 0.25) is 10.0 Å². The minimum Gasteiger partial charge on any atom is -0.399 e. The lowest BCUT2D eigenvalue weighted by Crippen LogP contribution is -2.33. The number of nitrogens with two attached hydrogens (primary N) is 1. The van der Waals surface area contributed by atoms with Crippen LogP contribution in [0.1, 0.15) is 29.8 Å². The molecule has 0 aliphatic heterocycles. The van der Waals surface area contributed by atoms with E-state index in [9.17, 15) is 13.2 Å². The third-order valence-corrected chi connectivity index (χ3v) is 6.06. The Morgan fingerprint density at radius 2 is 1.72 bits per heavy atom. The van der Waals surface area contributed by atoms with Gasteiger partial charge in [-0.2, -0.15) is 4.31 Å². The summed E-state index contributed by atoms with van der Waals surface area (Å²) in [6, 6.07) is 11.1. The predicted molar refractivity (Wildman–Crippen MR) is 100 cm³/mol. The van der Waals surface area contributed by atoms with Crippen LogP contribution in [0, 0.1) is 6.92 Å². The molecule has 0 saturated carbocycles. The van der Waals surface area contributed by atoms with Crippen molar-refractivity contribution in [1.82, 2.24) is 4.31 Å². The second-order valence-corrected chi connectivity index (χ2v) is 8.17. The van der Waals surface area contributed by atoms with Crippen molar-refractivity contribution in [3.63, 3.8) is 0 Å². The molecule has 0 unspecified atom stereocenters. The average molecular weight is 361 g/mol. The van der Waals surface area contributed by atoms with Crippen molar-refractivity contribution in [2.24, 2.45) is 0 Å². The number of rotatable bonds is 5. The molecule has 0 radical (unpaired) electrons. The van der Waals surface area contributed by atoms with Crippen molar-refractivity contribution in [2.75, 3.05) is 18.1 Å². The normalized spacial score (nSPS) is 11.8. The van der Waals surface area contributed by atoms with Crippen LogP contribution < -0.4 is 11.1 Å². The molecule has 7 heteroatoms. The van der Waals surface area contributed by atoms with E-state index < -0.39 is 10.0 Å². The average Bonchev–Trinajstić information content (AvgIpc) is 2.56. The summed E-state index contributed by atoms with van der Waals surface area (Å²) in [4.78, 5) is 12.5. The number of amides is 1. The zero-order chi connectivity index (χ0) is 18.8. The summed E-state index contributed by atoms with van der Waals surface area (Å²) in [5.41, 5.74) is 7.87. The molecule has 134 valence electrons. The van der Waals surface area contributed by atoms with Crippen molar-refractivity contribution < 1.29 is 13.2 Å². The number of aryl methyl sites for hydroxylation is 1. The zero-order valence-electron chi connectivity index (χ0n) is 14.8. The van der Waals surface area contributed by atoms with Gasteiger partial charge in [-0.05, 0) is 62.7 Å². The fraction of sp³-hybridized carbons (Fsp3) is 0.278. The molecule has 0 fully saturated rings. The summed E-state index contributed by atoms with van der Waals surface area (Å²) in [5, 5.41) is 2.76. The Kier molecular flexibility index (Phi) is 5.49. The molecule has 0 saturated heterocycles. The Morgan fingerprint density at radius 1 is 1.12 bits per heavy atom. The number of nitrogen functional groups attached to an aromatic ring is 1. The van der Waals surface area contributed by atoms with Gasteiger partial charge in [-0.25, -0.2) is 8.42 Å². The van der Waals surface area contributed by atoms with E-state index in [0.717, 1.165) is 5.56 Å². The summed E-state index contributed by atoms with van der Waals surface area (Å²) in [7, 11) is -2.08. The molecule has 2 aromatic rings. The highest BCUT2D eigenvalue weighted by Crippen LogP contribution is 2.24. The summed E-state index contributed by atoms with van der Waals surface area (Å²) in [6.45, 7) is 5.41. The number of anilines is 2. The largest absolute Gasteiger partial charge is 0.399 e. The Balaban J connectivity index is 2.33. The molecule has 2 aromatic carbocycles. The van der Waals surface area contributed by atoms with Crippen LogP contribution in [-0.2, 0) is 10.0 Å². The number of carbonyl (C=O) groups excluding carboxylic acids is 1. The SMILES string of the molecule is Cc1ccc(S(=O)(=O)N(C)C(C)C)cc1NC(=O)c1ccc(N)cc1. The molecule has 0 aliphatic rings. The second-order valence-electron chi connectivity index (χ2n) is 6.17. The first-order valence-corrected chi connectivity index (χ1v) is 9.32. The number of sulfonamides is 1. The van der Waals surface area contributed by atoms with E-state index in [2.05, 4.69) is 5.32 Å². The lowest BCUT2D eigenvalue weighted by molar-refractivity contribution is 0.102. The molecule has 3 N–H and O–H groups in total. The monoisotopic (exact) mass is 361 g/mol.